The minimum Gasteiger partial charge on any atom is -0.481 e. The predicted octanol–water partition coefficient (Wildman–Crippen LogP) is 1.78. The van der Waals surface area contributed by atoms with Gasteiger partial charge in [-0.05, 0) is 59.7 Å². The molecule has 6 heterocycles. The van der Waals surface area contributed by atoms with Gasteiger partial charge in [0.15, 0.2) is 11.6 Å². The molecule has 67 heavy (non-hydrogen) atoms. The standard InChI is InChI=1S/2C22H22ClN5O3.CH4.Na.3H2O/c2*23-17-3-1-16(2-4-17)21-20(15-7-9-24-10-8-15)22(26-25-21)28-13-11-27(12-14-28)18(29)5-6-19(30)31;;;;;/h2*1-4,7-10H,5-6,11-14H2,(H,25,26)(H,30,31);1H4;;3*1H2/q;;;+1;;;. The molecule has 2 saturated heterocycles. The molecule has 2 aliphatic heterocycles. The number of carbonyl (C=O) groups excluding carboxylic acids is 2. The number of aromatic nitrogens is 6. The molecule has 352 valence electrons. The molecule has 2 amide bonds. The number of anilines is 2. The average Bonchev–Trinajstić information content (AvgIpc) is 3.95. The Balaban J connectivity index is 0.000000428. The third-order valence-electron chi connectivity index (χ3n) is 10.7. The first-order chi connectivity index (χ1) is 30.0. The predicted molar refractivity (Wildman–Crippen MR) is 253 cm³/mol. The number of pyridine rings is 2. The number of nitrogens with zero attached hydrogens (tertiary/aromatic N) is 8. The van der Waals surface area contributed by atoms with Crippen molar-refractivity contribution < 1.29 is 75.4 Å². The van der Waals surface area contributed by atoms with Gasteiger partial charge in [-0.15, -0.1) is 0 Å². The fourth-order valence-electron chi connectivity index (χ4n) is 7.44. The number of halogens is 2. The Morgan fingerprint density at radius 2 is 0.806 bits per heavy atom. The maximum atomic E-state index is 12.3. The summed E-state index contributed by atoms with van der Waals surface area (Å²) in [6, 6.07) is 22.9. The molecule has 22 heteroatoms. The van der Waals surface area contributed by atoms with Crippen molar-refractivity contribution in [2.75, 3.05) is 62.2 Å². The number of carbonyl (C=O) groups is 4. The van der Waals surface area contributed by atoms with Crippen LogP contribution < -0.4 is 39.4 Å². The van der Waals surface area contributed by atoms with E-state index in [1.165, 1.54) is 0 Å². The normalized spacial score (nSPS) is 12.9. The van der Waals surface area contributed by atoms with Gasteiger partial charge in [0.05, 0.1) is 35.4 Å². The Bertz CT molecular complexity index is 2310. The second-order valence-electron chi connectivity index (χ2n) is 14.6. The fraction of sp³-hybridized carbons (Fsp3) is 0.289. The van der Waals surface area contributed by atoms with E-state index in [9.17, 15) is 19.2 Å². The monoisotopic (exact) mass is 971 g/mol. The Hall–Kier alpha value is -5.90. The van der Waals surface area contributed by atoms with Crippen molar-refractivity contribution >= 4 is 58.6 Å². The van der Waals surface area contributed by atoms with Crippen LogP contribution in [0.25, 0.3) is 44.8 Å². The summed E-state index contributed by atoms with van der Waals surface area (Å²) < 4.78 is 0. The summed E-state index contributed by atoms with van der Waals surface area (Å²) >= 11 is 12.1. The molecule has 0 unspecified atom stereocenters. The van der Waals surface area contributed by atoms with Crippen LogP contribution in [0.5, 0.6) is 0 Å². The smallest absolute Gasteiger partial charge is 0.481 e. The molecule has 0 saturated carbocycles. The first-order valence-corrected chi connectivity index (χ1v) is 20.8. The van der Waals surface area contributed by atoms with Crippen molar-refractivity contribution in [2.24, 2.45) is 0 Å². The van der Waals surface area contributed by atoms with Crippen molar-refractivity contribution in [1.29, 1.82) is 0 Å². The molecule has 2 aromatic carbocycles. The van der Waals surface area contributed by atoms with Gasteiger partial charge in [-0.2, -0.15) is 10.2 Å². The van der Waals surface area contributed by atoms with Crippen molar-refractivity contribution in [3.05, 3.63) is 108 Å². The zero-order chi connectivity index (χ0) is 43.6. The van der Waals surface area contributed by atoms with Crippen LogP contribution in [0.4, 0.5) is 11.6 Å². The summed E-state index contributed by atoms with van der Waals surface area (Å²) in [5.74, 6) is -0.538. The van der Waals surface area contributed by atoms with Crippen LogP contribution in [-0.4, -0.2) is 143 Å². The van der Waals surface area contributed by atoms with Crippen LogP contribution in [0.15, 0.2) is 97.6 Å². The van der Waals surface area contributed by atoms with E-state index in [1.54, 1.807) is 34.6 Å². The van der Waals surface area contributed by atoms with E-state index >= 15 is 0 Å². The number of amides is 2. The van der Waals surface area contributed by atoms with Gasteiger partial charge in [-0.1, -0.05) is 54.9 Å². The largest absolute Gasteiger partial charge is 1.00 e. The first-order valence-electron chi connectivity index (χ1n) is 20.0. The quantitative estimate of drug-likeness (QED) is 0.128. The maximum Gasteiger partial charge on any atom is 1.00 e. The number of carboxylic acid groups (broad SMARTS) is 2. The van der Waals surface area contributed by atoms with Gasteiger partial charge in [0.2, 0.25) is 11.8 Å². The number of rotatable bonds is 12. The summed E-state index contributed by atoms with van der Waals surface area (Å²) in [6.07, 6.45) is 6.76. The van der Waals surface area contributed by atoms with Gasteiger partial charge in [-0.3, -0.25) is 39.3 Å². The topological polar surface area (TPSA) is 299 Å². The Labute approximate surface area is 419 Å². The summed E-state index contributed by atoms with van der Waals surface area (Å²) in [5.41, 5.74) is 7.63. The number of hydrogen-bond donors (Lipinski definition) is 4. The summed E-state index contributed by atoms with van der Waals surface area (Å²) in [4.78, 5) is 62.0. The number of piperazine rings is 2. The second-order valence-corrected chi connectivity index (χ2v) is 15.5. The van der Waals surface area contributed by atoms with Crippen molar-refractivity contribution in [2.45, 2.75) is 33.1 Å². The Kier molecular flexibility index (Phi) is 23.1. The molecule has 0 radical (unpaired) electrons. The van der Waals surface area contributed by atoms with Crippen LogP contribution >= 0.6 is 23.2 Å². The van der Waals surface area contributed by atoms with E-state index in [2.05, 4.69) is 40.2 Å². The maximum absolute atomic E-state index is 12.3. The second kappa shape index (κ2) is 27.0. The van der Waals surface area contributed by atoms with Gasteiger partial charge < -0.3 is 46.2 Å². The zero-order valence-electron chi connectivity index (χ0n) is 36.1. The van der Waals surface area contributed by atoms with E-state index in [1.807, 2.05) is 72.8 Å². The number of benzene rings is 2. The molecule has 8 rings (SSSR count). The molecular weight excluding hydrogens is 918 g/mol. The van der Waals surface area contributed by atoms with Gasteiger partial charge in [0, 0.05) is 111 Å². The third-order valence-corrected chi connectivity index (χ3v) is 11.2. The van der Waals surface area contributed by atoms with Crippen LogP contribution in [-0.2, 0) is 19.2 Å². The summed E-state index contributed by atoms with van der Waals surface area (Å²) in [6.45, 7) is 4.55. The number of hydrogen-bond acceptors (Lipinski definition) is 10. The Morgan fingerprint density at radius 3 is 1.10 bits per heavy atom. The first kappa shape index (κ1) is 57.2. The molecule has 0 aliphatic carbocycles. The van der Waals surface area contributed by atoms with Crippen molar-refractivity contribution in [3.63, 3.8) is 0 Å². The number of aromatic amines is 2. The minimum absolute atomic E-state index is 0. The van der Waals surface area contributed by atoms with Crippen LogP contribution in [0.2, 0.25) is 10.0 Å². The molecule has 0 bridgehead atoms. The minimum atomic E-state index is -0.958. The third kappa shape index (κ3) is 14.5. The molecule has 2 fully saturated rings. The molecule has 2 aliphatic rings. The van der Waals surface area contributed by atoms with E-state index in [4.69, 9.17) is 33.4 Å². The van der Waals surface area contributed by atoms with Crippen molar-refractivity contribution in [3.8, 4) is 44.8 Å². The fourth-order valence-corrected chi connectivity index (χ4v) is 7.69. The number of aliphatic carboxylic acids is 2. The van der Waals surface area contributed by atoms with E-state index < -0.39 is 11.9 Å². The molecular formula is C45H54Cl2N10NaO9+. The summed E-state index contributed by atoms with van der Waals surface area (Å²) in [7, 11) is 0. The molecule has 6 aromatic rings. The molecule has 0 atom stereocenters. The van der Waals surface area contributed by atoms with E-state index in [-0.39, 0.29) is 90.9 Å². The number of nitrogens with one attached hydrogen (secondary N) is 2. The number of carboxylic acids is 2. The van der Waals surface area contributed by atoms with Gasteiger partial charge >= 0.3 is 41.5 Å². The van der Waals surface area contributed by atoms with Gasteiger partial charge in [-0.25, -0.2) is 0 Å². The van der Waals surface area contributed by atoms with E-state index in [0.29, 0.717) is 62.4 Å². The van der Waals surface area contributed by atoms with Crippen molar-refractivity contribution in [1.82, 2.24) is 40.2 Å². The van der Waals surface area contributed by atoms with Crippen LogP contribution in [0.3, 0.4) is 0 Å². The molecule has 4 aromatic heterocycles. The van der Waals surface area contributed by atoms with E-state index in [0.717, 1.165) is 56.4 Å². The zero-order valence-corrected chi connectivity index (χ0v) is 39.6. The molecule has 10 N–H and O–H groups in total. The number of H-pyrrole nitrogens is 2. The molecule has 19 nitrogen and oxygen atoms in total. The van der Waals surface area contributed by atoms with Gasteiger partial charge in [0.1, 0.15) is 0 Å². The Morgan fingerprint density at radius 1 is 0.493 bits per heavy atom. The molecule has 0 spiro atoms. The average molecular weight is 973 g/mol. The van der Waals surface area contributed by atoms with Crippen LogP contribution in [0, 0.1) is 0 Å². The van der Waals surface area contributed by atoms with Gasteiger partial charge in [0.25, 0.3) is 0 Å². The SMILES string of the molecule is C.O.O.O.O=C(O)CCC(=O)N1CCN(c2n[nH]c(-c3ccc(Cl)cc3)c2-c2ccncc2)CC1.O=C(O)CCC(=O)N1CCN(c2n[nH]c(-c3ccc(Cl)cc3)c2-c2ccncc2)CC1.[Na+]. The van der Waals surface area contributed by atoms with Crippen LogP contribution in [0.1, 0.15) is 33.1 Å². The summed E-state index contributed by atoms with van der Waals surface area (Å²) in [5, 5.41) is 34.5.